The largest absolute Gasteiger partial charge is 0.481 e. The summed E-state index contributed by atoms with van der Waals surface area (Å²) in [4.78, 5) is 25.2. The molecule has 1 aliphatic carbocycles. The van der Waals surface area contributed by atoms with E-state index in [-0.39, 0.29) is 38.6 Å². The summed E-state index contributed by atoms with van der Waals surface area (Å²) in [6.07, 6.45) is 4.71. The topological polar surface area (TPSA) is 98.1 Å². The molecule has 0 unspecified atom stereocenters. The van der Waals surface area contributed by atoms with Crippen LogP contribution in [0.4, 0.5) is 0 Å². The molecule has 0 atom stereocenters. The second-order valence-corrected chi connectivity index (χ2v) is 5.50. The molecule has 0 saturated heterocycles. The van der Waals surface area contributed by atoms with Crippen LogP contribution < -0.4 is 0 Å². The molecule has 0 radical (unpaired) electrons. The van der Waals surface area contributed by atoms with Crippen LogP contribution in [0, 0.1) is 5.41 Å². The molecule has 0 aromatic heterocycles. The normalized spacial score (nSPS) is 18.3. The van der Waals surface area contributed by atoms with E-state index in [9.17, 15) is 14.7 Å². The predicted molar refractivity (Wildman–Crippen MR) is 73.1 cm³/mol. The third-order valence-electron chi connectivity index (χ3n) is 4.10. The summed E-state index contributed by atoms with van der Waals surface area (Å²) in [6.45, 7) is -0.109. The summed E-state index contributed by atoms with van der Waals surface area (Å²) in [6, 6.07) is 0. The van der Waals surface area contributed by atoms with Gasteiger partial charge in [0.25, 0.3) is 0 Å². The number of carbonyl (C=O) groups excluding carboxylic acids is 1. The quantitative estimate of drug-likeness (QED) is 0.596. The SMILES string of the molecule is O=C(CC1(C(=O)O)CCCCCC1)N(CCO)CCO. The Labute approximate surface area is 119 Å². The van der Waals surface area contributed by atoms with Crippen molar-refractivity contribution in [2.75, 3.05) is 26.3 Å². The molecule has 1 aliphatic rings. The minimum Gasteiger partial charge on any atom is -0.481 e. The smallest absolute Gasteiger partial charge is 0.310 e. The molecule has 20 heavy (non-hydrogen) atoms. The minimum absolute atomic E-state index is 0.0394. The summed E-state index contributed by atoms with van der Waals surface area (Å²) in [5, 5.41) is 27.4. The van der Waals surface area contributed by atoms with E-state index in [0.717, 1.165) is 25.7 Å². The van der Waals surface area contributed by atoms with E-state index in [4.69, 9.17) is 10.2 Å². The van der Waals surface area contributed by atoms with E-state index in [1.807, 2.05) is 0 Å². The zero-order chi connectivity index (χ0) is 15.0. The van der Waals surface area contributed by atoms with Crippen LogP contribution in [0.5, 0.6) is 0 Å². The molecule has 1 saturated carbocycles. The molecule has 1 fully saturated rings. The Bertz CT molecular complexity index is 318. The van der Waals surface area contributed by atoms with Crippen molar-refractivity contribution in [2.24, 2.45) is 5.41 Å². The van der Waals surface area contributed by atoms with Gasteiger partial charge in [-0.05, 0) is 12.8 Å². The van der Waals surface area contributed by atoms with Gasteiger partial charge in [-0.1, -0.05) is 25.7 Å². The maximum atomic E-state index is 12.3. The number of carbonyl (C=O) groups is 2. The average molecular weight is 287 g/mol. The van der Waals surface area contributed by atoms with Crippen LogP contribution in [0.1, 0.15) is 44.9 Å². The minimum atomic E-state index is -0.975. The highest BCUT2D eigenvalue weighted by molar-refractivity contribution is 5.85. The van der Waals surface area contributed by atoms with E-state index in [1.54, 1.807) is 0 Å². The molecule has 1 amide bonds. The van der Waals surface area contributed by atoms with Crippen LogP contribution in [0.25, 0.3) is 0 Å². The average Bonchev–Trinajstić information content (AvgIpc) is 2.65. The van der Waals surface area contributed by atoms with Crippen molar-refractivity contribution in [3.8, 4) is 0 Å². The summed E-state index contributed by atoms with van der Waals surface area (Å²) in [7, 11) is 0. The highest BCUT2D eigenvalue weighted by Crippen LogP contribution is 2.38. The van der Waals surface area contributed by atoms with Crippen LogP contribution >= 0.6 is 0 Å². The number of hydrogen-bond acceptors (Lipinski definition) is 4. The molecule has 3 N–H and O–H groups in total. The van der Waals surface area contributed by atoms with Gasteiger partial charge in [-0.3, -0.25) is 9.59 Å². The fourth-order valence-electron chi connectivity index (χ4n) is 2.88. The van der Waals surface area contributed by atoms with E-state index in [1.165, 1.54) is 4.90 Å². The van der Waals surface area contributed by atoms with Crippen molar-refractivity contribution < 1.29 is 24.9 Å². The van der Waals surface area contributed by atoms with Gasteiger partial charge in [-0.25, -0.2) is 0 Å². The number of carboxylic acid groups (broad SMARTS) is 1. The Morgan fingerprint density at radius 3 is 1.85 bits per heavy atom. The van der Waals surface area contributed by atoms with E-state index >= 15 is 0 Å². The van der Waals surface area contributed by atoms with E-state index < -0.39 is 11.4 Å². The van der Waals surface area contributed by atoms with Gasteiger partial charge in [0.1, 0.15) is 0 Å². The van der Waals surface area contributed by atoms with Crippen molar-refractivity contribution in [1.82, 2.24) is 4.90 Å². The summed E-state index contributed by atoms with van der Waals surface area (Å²) < 4.78 is 0. The first-order valence-electron chi connectivity index (χ1n) is 7.28. The third-order valence-corrected chi connectivity index (χ3v) is 4.10. The number of aliphatic carboxylic acids is 1. The lowest BCUT2D eigenvalue weighted by atomic mass is 9.77. The van der Waals surface area contributed by atoms with Crippen molar-refractivity contribution in [1.29, 1.82) is 0 Å². The van der Waals surface area contributed by atoms with Gasteiger partial charge in [0, 0.05) is 19.5 Å². The maximum absolute atomic E-state index is 12.3. The first-order chi connectivity index (χ1) is 9.55. The summed E-state index contributed by atoms with van der Waals surface area (Å²) >= 11 is 0. The number of aliphatic hydroxyl groups is 2. The van der Waals surface area contributed by atoms with Gasteiger partial charge in [-0.15, -0.1) is 0 Å². The van der Waals surface area contributed by atoms with Crippen LogP contribution in [-0.4, -0.2) is 58.4 Å². The number of carboxylic acids is 1. The zero-order valence-electron chi connectivity index (χ0n) is 11.9. The van der Waals surface area contributed by atoms with E-state index in [0.29, 0.717) is 12.8 Å². The number of amides is 1. The van der Waals surface area contributed by atoms with Gasteiger partial charge >= 0.3 is 5.97 Å². The van der Waals surface area contributed by atoms with Crippen molar-refractivity contribution in [3.63, 3.8) is 0 Å². The van der Waals surface area contributed by atoms with Gasteiger partial charge in [0.2, 0.25) is 5.91 Å². The van der Waals surface area contributed by atoms with Crippen LogP contribution in [-0.2, 0) is 9.59 Å². The first-order valence-corrected chi connectivity index (χ1v) is 7.28. The first kappa shape index (κ1) is 16.9. The Morgan fingerprint density at radius 2 is 1.45 bits per heavy atom. The molecule has 0 aromatic carbocycles. The summed E-state index contributed by atoms with van der Waals surface area (Å²) in [5.41, 5.74) is -0.975. The highest BCUT2D eigenvalue weighted by atomic mass is 16.4. The number of rotatable bonds is 7. The van der Waals surface area contributed by atoms with Crippen molar-refractivity contribution >= 4 is 11.9 Å². The molecule has 0 aliphatic heterocycles. The fraction of sp³-hybridized carbons (Fsp3) is 0.857. The molecule has 0 spiro atoms. The molecular formula is C14H25NO5. The monoisotopic (exact) mass is 287 g/mol. The molecule has 6 nitrogen and oxygen atoms in total. The molecule has 0 bridgehead atoms. The second-order valence-electron chi connectivity index (χ2n) is 5.50. The highest BCUT2D eigenvalue weighted by Gasteiger charge is 2.41. The van der Waals surface area contributed by atoms with E-state index in [2.05, 4.69) is 0 Å². The number of hydrogen-bond donors (Lipinski definition) is 3. The number of nitrogens with zero attached hydrogens (tertiary/aromatic N) is 1. The molecule has 0 aromatic rings. The lowest BCUT2D eigenvalue weighted by Gasteiger charge is -2.30. The van der Waals surface area contributed by atoms with Crippen LogP contribution in [0.2, 0.25) is 0 Å². The molecule has 116 valence electrons. The fourth-order valence-corrected chi connectivity index (χ4v) is 2.88. The predicted octanol–water partition coefficient (Wildman–Crippen LogP) is 0.615. The lowest BCUT2D eigenvalue weighted by molar-refractivity contribution is -0.155. The van der Waals surface area contributed by atoms with Crippen LogP contribution in [0.15, 0.2) is 0 Å². The Hall–Kier alpha value is -1.14. The second kappa shape index (κ2) is 8.21. The third kappa shape index (κ3) is 4.45. The Morgan fingerprint density at radius 1 is 0.950 bits per heavy atom. The summed E-state index contributed by atoms with van der Waals surface area (Å²) in [5.74, 6) is -1.20. The zero-order valence-corrected chi connectivity index (χ0v) is 11.9. The van der Waals surface area contributed by atoms with Gasteiger partial charge in [0.05, 0.1) is 18.6 Å². The van der Waals surface area contributed by atoms with Crippen LogP contribution in [0.3, 0.4) is 0 Å². The Balaban J connectivity index is 2.77. The molecule has 6 heteroatoms. The standard InChI is InChI=1S/C14H25NO5/c16-9-7-15(8-10-17)12(18)11-14(13(19)20)5-3-1-2-4-6-14/h16-17H,1-11H2,(H,19,20). The molecule has 0 heterocycles. The molecule has 1 rings (SSSR count). The Kier molecular flexibility index (Phi) is 6.95. The van der Waals surface area contributed by atoms with Gasteiger partial charge in [0.15, 0.2) is 0 Å². The van der Waals surface area contributed by atoms with Gasteiger partial charge in [-0.2, -0.15) is 0 Å². The number of aliphatic hydroxyl groups excluding tert-OH is 2. The van der Waals surface area contributed by atoms with Crippen molar-refractivity contribution in [3.05, 3.63) is 0 Å². The maximum Gasteiger partial charge on any atom is 0.310 e. The lowest BCUT2D eigenvalue weighted by Crippen LogP contribution is -2.42. The molecular weight excluding hydrogens is 262 g/mol. The van der Waals surface area contributed by atoms with Crippen molar-refractivity contribution in [2.45, 2.75) is 44.9 Å². The van der Waals surface area contributed by atoms with Gasteiger partial charge < -0.3 is 20.2 Å².